The van der Waals surface area contributed by atoms with Gasteiger partial charge in [0.2, 0.25) is 10.0 Å². The SMILES string of the molecule is CCS(=O)(=O)N1CCC(N(CC(=O)O)Cc2ccc(Cl)cc2)CC1.Cl. The molecule has 6 nitrogen and oxygen atoms in total. The van der Waals surface area contributed by atoms with E-state index in [4.69, 9.17) is 11.6 Å². The Hall–Kier alpha value is -0.860. The number of carbonyl (C=O) groups is 1. The van der Waals surface area contributed by atoms with Crippen LogP contribution < -0.4 is 0 Å². The molecule has 0 unspecified atom stereocenters. The lowest BCUT2D eigenvalue weighted by molar-refractivity contribution is -0.139. The third-order valence-corrected chi connectivity index (χ3v) is 6.47. The summed E-state index contributed by atoms with van der Waals surface area (Å²) in [4.78, 5) is 13.1. The molecule has 1 aliphatic heterocycles. The minimum Gasteiger partial charge on any atom is -0.480 e. The van der Waals surface area contributed by atoms with Crippen LogP contribution in [-0.2, 0) is 21.4 Å². The minimum absolute atomic E-state index is 0. The number of carboxylic acids is 1. The summed E-state index contributed by atoms with van der Waals surface area (Å²) in [5.41, 5.74) is 0.990. The zero-order valence-corrected chi connectivity index (χ0v) is 16.5. The first-order valence-electron chi connectivity index (χ1n) is 8.00. The Morgan fingerprint density at radius 1 is 1.28 bits per heavy atom. The van der Waals surface area contributed by atoms with Gasteiger partial charge in [-0.3, -0.25) is 9.69 Å². The van der Waals surface area contributed by atoms with Gasteiger partial charge in [-0.15, -0.1) is 12.4 Å². The third kappa shape index (κ3) is 6.42. The Morgan fingerprint density at radius 2 is 1.84 bits per heavy atom. The van der Waals surface area contributed by atoms with E-state index in [0.717, 1.165) is 5.56 Å². The predicted molar refractivity (Wildman–Crippen MR) is 101 cm³/mol. The van der Waals surface area contributed by atoms with Gasteiger partial charge in [0.05, 0.1) is 12.3 Å². The van der Waals surface area contributed by atoms with Crippen molar-refractivity contribution in [2.45, 2.75) is 32.4 Å². The maximum Gasteiger partial charge on any atom is 0.317 e. The zero-order valence-electron chi connectivity index (χ0n) is 14.1. The number of piperidine rings is 1. The average Bonchev–Trinajstić information content (AvgIpc) is 2.56. The van der Waals surface area contributed by atoms with Crippen LogP contribution in [0.2, 0.25) is 5.02 Å². The van der Waals surface area contributed by atoms with Crippen LogP contribution >= 0.6 is 24.0 Å². The molecule has 0 aromatic heterocycles. The van der Waals surface area contributed by atoms with Crippen molar-refractivity contribution >= 4 is 40.0 Å². The van der Waals surface area contributed by atoms with Gasteiger partial charge >= 0.3 is 5.97 Å². The van der Waals surface area contributed by atoms with Crippen LogP contribution in [0.25, 0.3) is 0 Å². The van der Waals surface area contributed by atoms with E-state index in [-0.39, 0.29) is 30.7 Å². The molecule has 1 N–H and O–H groups in total. The first-order chi connectivity index (χ1) is 11.3. The average molecular weight is 411 g/mol. The monoisotopic (exact) mass is 410 g/mol. The molecule has 0 aliphatic carbocycles. The fourth-order valence-electron chi connectivity index (χ4n) is 2.98. The van der Waals surface area contributed by atoms with Crippen molar-refractivity contribution < 1.29 is 18.3 Å². The fraction of sp³-hybridized carbons (Fsp3) is 0.562. The fourth-order valence-corrected chi connectivity index (χ4v) is 4.24. The standard InChI is InChI=1S/C16H23ClN2O4S.ClH/c1-2-24(22,23)19-9-7-15(8-10-19)18(12-16(20)21)11-13-3-5-14(17)6-4-13;/h3-6,15H,2,7-12H2,1H3,(H,20,21);1H. The van der Waals surface area contributed by atoms with Crippen molar-refractivity contribution in [3.05, 3.63) is 34.9 Å². The normalized spacial score (nSPS) is 16.6. The molecule has 1 fully saturated rings. The van der Waals surface area contributed by atoms with Crippen LogP contribution in [0.15, 0.2) is 24.3 Å². The van der Waals surface area contributed by atoms with Crippen LogP contribution in [-0.4, -0.2) is 60.1 Å². The van der Waals surface area contributed by atoms with Gasteiger partial charge in [0.25, 0.3) is 0 Å². The van der Waals surface area contributed by atoms with E-state index in [0.29, 0.717) is 37.5 Å². The Labute approximate surface area is 160 Å². The topological polar surface area (TPSA) is 77.9 Å². The molecular weight excluding hydrogens is 387 g/mol. The van der Waals surface area contributed by atoms with Gasteiger partial charge < -0.3 is 5.11 Å². The summed E-state index contributed by atoms with van der Waals surface area (Å²) in [5.74, 6) is -0.783. The highest BCUT2D eigenvalue weighted by molar-refractivity contribution is 7.89. The van der Waals surface area contributed by atoms with Crippen LogP contribution in [0.4, 0.5) is 0 Å². The second kappa shape index (κ2) is 9.73. The van der Waals surface area contributed by atoms with Gasteiger partial charge in [0.1, 0.15) is 0 Å². The van der Waals surface area contributed by atoms with Gasteiger partial charge in [-0.05, 0) is 37.5 Å². The molecule has 1 aliphatic rings. The number of halogens is 2. The summed E-state index contributed by atoms with van der Waals surface area (Å²) in [6.45, 7) is 2.97. The maximum atomic E-state index is 11.9. The lowest BCUT2D eigenvalue weighted by Gasteiger charge is -2.37. The van der Waals surface area contributed by atoms with E-state index in [1.165, 1.54) is 4.31 Å². The van der Waals surface area contributed by atoms with Gasteiger partial charge in [-0.25, -0.2) is 12.7 Å². The minimum atomic E-state index is -3.17. The predicted octanol–water partition coefficient (Wildman–Crippen LogP) is 2.46. The lowest BCUT2D eigenvalue weighted by Crippen LogP contribution is -2.48. The molecule has 0 bridgehead atoms. The molecule has 1 aromatic carbocycles. The van der Waals surface area contributed by atoms with Crippen LogP contribution in [0.3, 0.4) is 0 Å². The zero-order chi connectivity index (χ0) is 17.7. The van der Waals surface area contributed by atoms with E-state index in [1.54, 1.807) is 19.1 Å². The number of carboxylic acid groups (broad SMARTS) is 1. The van der Waals surface area contributed by atoms with Crippen molar-refractivity contribution in [3.63, 3.8) is 0 Å². The quantitative estimate of drug-likeness (QED) is 0.746. The van der Waals surface area contributed by atoms with Crippen molar-refractivity contribution in [1.82, 2.24) is 9.21 Å². The Kier molecular flexibility index (Phi) is 8.63. The van der Waals surface area contributed by atoms with Crippen molar-refractivity contribution in [1.29, 1.82) is 0 Å². The van der Waals surface area contributed by atoms with E-state index < -0.39 is 16.0 Å². The molecule has 0 radical (unpaired) electrons. The van der Waals surface area contributed by atoms with E-state index in [1.807, 2.05) is 17.0 Å². The molecule has 1 saturated heterocycles. The molecule has 0 amide bonds. The van der Waals surface area contributed by atoms with Crippen molar-refractivity contribution in [2.24, 2.45) is 0 Å². The van der Waals surface area contributed by atoms with Gasteiger partial charge in [-0.2, -0.15) is 0 Å². The number of aliphatic carboxylic acids is 1. The summed E-state index contributed by atoms with van der Waals surface area (Å²) in [6, 6.07) is 7.39. The first kappa shape index (κ1) is 22.2. The van der Waals surface area contributed by atoms with E-state index in [9.17, 15) is 18.3 Å². The molecule has 2 rings (SSSR count). The highest BCUT2D eigenvalue weighted by Crippen LogP contribution is 2.21. The molecule has 0 spiro atoms. The first-order valence-corrected chi connectivity index (χ1v) is 9.98. The van der Waals surface area contributed by atoms with Gasteiger partial charge in [0, 0.05) is 30.7 Å². The summed E-state index contributed by atoms with van der Waals surface area (Å²) in [7, 11) is -3.17. The number of rotatable bonds is 7. The van der Waals surface area contributed by atoms with Crippen LogP contribution in [0, 0.1) is 0 Å². The largest absolute Gasteiger partial charge is 0.480 e. The van der Waals surface area contributed by atoms with E-state index in [2.05, 4.69) is 0 Å². The second-order valence-electron chi connectivity index (χ2n) is 5.96. The van der Waals surface area contributed by atoms with Gasteiger partial charge in [-0.1, -0.05) is 23.7 Å². The van der Waals surface area contributed by atoms with Gasteiger partial charge in [0.15, 0.2) is 0 Å². The summed E-state index contributed by atoms with van der Waals surface area (Å²) < 4.78 is 25.4. The second-order valence-corrected chi connectivity index (χ2v) is 8.65. The highest BCUT2D eigenvalue weighted by atomic mass is 35.5. The van der Waals surface area contributed by atoms with Crippen molar-refractivity contribution in [3.8, 4) is 0 Å². The molecular formula is C16H24Cl2N2O4S. The smallest absolute Gasteiger partial charge is 0.317 e. The molecule has 0 atom stereocenters. The summed E-state index contributed by atoms with van der Waals surface area (Å²) in [6.07, 6.45) is 1.28. The van der Waals surface area contributed by atoms with Crippen LogP contribution in [0.5, 0.6) is 0 Å². The lowest BCUT2D eigenvalue weighted by atomic mass is 10.0. The van der Waals surface area contributed by atoms with E-state index >= 15 is 0 Å². The number of nitrogens with zero attached hydrogens (tertiary/aromatic N) is 2. The van der Waals surface area contributed by atoms with Crippen molar-refractivity contribution in [2.75, 3.05) is 25.4 Å². The number of hydrogen-bond donors (Lipinski definition) is 1. The molecule has 25 heavy (non-hydrogen) atoms. The maximum absolute atomic E-state index is 11.9. The number of hydrogen-bond acceptors (Lipinski definition) is 4. The molecule has 1 aromatic rings. The number of sulfonamides is 1. The Bertz CT molecular complexity index is 659. The Morgan fingerprint density at radius 3 is 2.32 bits per heavy atom. The highest BCUT2D eigenvalue weighted by Gasteiger charge is 2.30. The molecule has 1 heterocycles. The summed E-state index contributed by atoms with van der Waals surface area (Å²) >= 11 is 5.88. The summed E-state index contributed by atoms with van der Waals surface area (Å²) in [5, 5.41) is 9.83. The molecule has 142 valence electrons. The Balaban J connectivity index is 0.00000312. The molecule has 0 saturated carbocycles. The molecule has 9 heteroatoms. The third-order valence-electron chi connectivity index (χ3n) is 4.34. The van der Waals surface area contributed by atoms with Crippen LogP contribution in [0.1, 0.15) is 25.3 Å². The number of benzene rings is 1.